The molecule has 0 spiro atoms. The van der Waals surface area contributed by atoms with Crippen LogP contribution in [-0.4, -0.2) is 27.2 Å². The van der Waals surface area contributed by atoms with Crippen molar-refractivity contribution in [3.63, 3.8) is 0 Å². The lowest BCUT2D eigenvalue weighted by Gasteiger charge is -2.00. The predicted molar refractivity (Wildman–Crippen MR) is 69.7 cm³/mol. The smallest absolute Gasteiger partial charge is 0.371 e. The quantitative estimate of drug-likeness (QED) is 0.676. The van der Waals surface area contributed by atoms with Gasteiger partial charge in [0.25, 0.3) is 5.91 Å². The lowest BCUT2D eigenvalue weighted by molar-refractivity contribution is 0.0665. The number of rotatable bonds is 3. The van der Waals surface area contributed by atoms with Crippen LogP contribution in [0.3, 0.4) is 0 Å². The Hall–Kier alpha value is -3.09. The third-order valence-corrected chi connectivity index (χ3v) is 2.71. The van der Waals surface area contributed by atoms with Gasteiger partial charge in [-0.1, -0.05) is 18.2 Å². The average molecular weight is 271 g/mol. The topological polar surface area (TPSA) is 108 Å². The van der Waals surface area contributed by atoms with Gasteiger partial charge >= 0.3 is 5.97 Å². The zero-order chi connectivity index (χ0) is 14.1. The lowest BCUT2D eigenvalue weighted by atomic mass is 10.2. The van der Waals surface area contributed by atoms with Gasteiger partial charge in [-0.3, -0.25) is 9.89 Å². The van der Waals surface area contributed by atoms with E-state index in [1.807, 2.05) is 0 Å². The zero-order valence-electron chi connectivity index (χ0n) is 10.1. The molecule has 0 aliphatic rings. The molecule has 0 fully saturated rings. The van der Waals surface area contributed by atoms with Gasteiger partial charge in [0.15, 0.2) is 11.4 Å². The average Bonchev–Trinajstić information content (AvgIpc) is 3.02. The molecule has 20 heavy (non-hydrogen) atoms. The second-order valence-corrected chi connectivity index (χ2v) is 4.05. The minimum absolute atomic E-state index is 0.154. The highest BCUT2D eigenvalue weighted by molar-refractivity contribution is 6.07. The minimum Gasteiger partial charge on any atom is -0.475 e. The molecule has 100 valence electrons. The predicted octanol–water partition coefficient (Wildman–Crippen LogP) is 2.11. The van der Waals surface area contributed by atoms with Crippen molar-refractivity contribution >= 4 is 28.8 Å². The second kappa shape index (κ2) is 4.54. The van der Waals surface area contributed by atoms with E-state index in [-0.39, 0.29) is 23.1 Å². The number of aromatic nitrogens is 2. The van der Waals surface area contributed by atoms with Crippen LogP contribution in [0, 0.1) is 0 Å². The molecular weight excluding hydrogens is 262 g/mol. The number of hydrogen-bond donors (Lipinski definition) is 3. The van der Waals surface area contributed by atoms with E-state index in [1.54, 1.807) is 30.3 Å². The fourth-order valence-electron chi connectivity index (χ4n) is 1.78. The monoisotopic (exact) mass is 271 g/mol. The molecule has 3 N–H and O–H groups in total. The van der Waals surface area contributed by atoms with Gasteiger partial charge in [-0.2, -0.15) is 5.10 Å². The van der Waals surface area contributed by atoms with Gasteiger partial charge in [-0.25, -0.2) is 4.79 Å². The summed E-state index contributed by atoms with van der Waals surface area (Å²) in [5.74, 6) is -1.60. The third-order valence-electron chi connectivity index (χ3n) is 2.71. The van der Waals surface area contributed by atoms with Gasteiger partial charge in [-0.15, -0.1) is 0 Å². The second-order valence-electron chi connectivity index (χ2n) is 4.05. The zero-order valence-corrected chi connectivity index (χ0v) is 10.1. The summed E-state index contributed by atoms with van der Waals surface area (Å²) in [6, 6.07) is 9.90. The summed E-state index contributed by atoms with van der Waals surface area (Å²) in [4.78, 5) is 22.8. The van der Waals surface area contributed by atoms with Gasteiger partial charge in [-0.05, 0) is 12.1 Å². The van der Waals surface area contributed by atoms with E-state index < -0.39 is 5.97 Å². The first-order valence-corrected chi connectivity index (χ1v) is 5.73. The summed E-state index contributed by atoms with van der Waals surface area (Å²) in [6.45, 7) is 0. The Bertz CT molecular complexity index is 788. The number of nitrogens with one attached hydrogen (secondary N) is 2. The van der Waals surface area contributed by atoms with Crippen molar-refractivity contribution in [1.82, 2.24) is 10.2 Å². The standard InChI is InChI=1S/C13H9N3O4/c17-12(7-4-2-1-3-5-7)14-11-10-8(15-16-11)6-9(20-10)13(18)19/h1-6H,(H,18,19)(H2,14,15,16,17). The lowest BCUT2D eigenvalue weighted by Crippen LogP contribution is -2.12. The molecule has 0 aliphatic carbocycles. The first-order valence-electron chi connectivity index (χ1n) is 5.73. The fraction of sp³-hybridized carbons (Fsp3) is 0. The SMILES string of the molecule is O=C(Nc1n[nH]c2cc(C(=O)O)oc12)c1ccccc1. The van der Waals surface area contributed by atoms with E-state index in [1.165, 1.54) is 6.07 Å². The number of hydrogen-bond acceptors (Lipinski definition) is 4. The van der Waals surface area contributed by atoms with Crippen molar-refractivity contribution in [2.45, 2.75) is 0 Å². The molecule has 0 saturated carbocycles. The Labute approximate surface area is 112 Å². The van der Waals surface area contributed by atoms with E-state index >= 15 is 0 Å². The van der Waals surface area contributed by atoms with Crippen LogP contribution in [0.4, 0.5) is 5.82 Å². The first kappa shape index (κ1) is 12.0. The number of carbonyl (C=O) groups excluding carboxylic acids is 1. The summed E-state index contributed by atoms with van der Waals surface area (Å²) in [5, 5.41) is 17.9. The molecule has 7 nitrogen and oxygen atoms in total. The van der Waals surface area contributed by atoms with Crippen LogP contribution in [0.5, 0.6) is 0 Å². The van der Waals surface area contributed by atoms with E-state index in [9.17, 15) is 9.59 Å². The maximum Gasteiger partial charge on any atom is 0.371 e. The number of anilines is 1. The highest BCUT2D eigenvalue weighted by atomic mass is 16.4. The Balaban J connectivity index is 1.91. The largest absolute Gasteiger partial charge is 0.475 e. The number of nitrogens with zero attached hydrogens (tertiary/aromatic N) is 1. The van der Waals surface area contributed by atoms with Crippen molar-refractivity contribution in [3.05, 3.63) is 47.7 Å². The van der Waals surface area contributed by atoms with E-state index in [0.717, 1.165) is 0 Å². The van der Waals surface area contributed by atoms with Crippen LogP contribution in [-0.2, 0) is 0 Å². The normalized spacial score (nSPS) is 10.6. The number of benzene rings is 1. The van der Waals surface area contributed by atoms with Gasteiger partial charge in [0, 0.05) is 11.6 Å². The summed E-state index contributed by atoms with van der Waals surface area (Å²) < 4.78 is 5.13. The number of aromatic carboxylic acids is 1. The number of carboxylic acids is 1. The van der Waals surface area contributed by atoms with E-state index in [2.05, 4.69) is 15.5 Å². The third kappa shape index (κ3) is 2.01. The summed E-state index contributed by atoms with van der Waals surface area (Å²) in [5.41, 5.74) is 1.08. The van der Waals surface area contributed by atoms with Gasteiger partial charge in [0.1, 0.15) is 5.52 Å². The Morgan fingerprint density at radius 2 is 2.00 bits per heavy atom. The van der Waals surface area contributed by atoms with Crippen molar-refractivity contribution in [1.29, 1.82) is 0 Å². The molecule has 7 heteroatoms. The number of H-pyrrole nitrogens is 1. The number of amides is 1. The molecule has 0 aliphatic heterocycles. The molecule has 3 rings (SSSR count). The van der Waals surface area contributed by atoms with Crippen molar-refractivity contribution in [3.8, 4) is 0 Å². The van der Waals surface area contributed by atoms with Crippen LogP contribution < -0.4 is 5.32 Å². The Morgan fingerprint density at radius 1 is 1.25 bits per heavy atom. The molecule has 3 aromatic rings. The number of fused-ring (bicyclic) bond motifs is 1. The van der Waals surface area contributed by atoms with Crippen LogP contribution in [0.2, 0.25) is 0 Å². The molecule has 0 atom stereocenters. The molecule has 2 aromatic heterocycles. The minimum atomic E-state index is -1.19. The number of aromatic amines is 1. The van der Waals surface area contributed by atoms with Gasteiger partial charge < -0.3 is 14.8 Å². The molecule has 0 saturated heterocycles. The molecule has 1 amide bonds. The number of carboxylic acid groups (broad SMARTS) is 1. The van der Waals surface area contributed by atoms with E-state index in [4.69, 9.17) is 9.52 Å². The maximum atomic E-state index is 12.0. The fourth-order valence-corrected chi connectivity index (χ4v) is 1.78. The molecule has 0 bridgehead atoms. The Kier molecular flexibility index (Phi) is 2.72. The summed E-state index contributed by atoms with van der Waals surface area (Å²) in [7, 11) is 0. The molecule has 0 unspecified atom stereocenters. The van der Waals surface area contributed by atoms with Crippen molar-refractivity contribution in [2.24, 2.45) is 0 Å². The summed E-state index contributed by atoms with van der Waals surface area (Å²) >= 11 is 0. The maximum absolute atomic E-state index is 12.0. The number of furan rings is 1. The molecule has 1 aromatic carbocycles. The van der Waals surface area contributed by atoms with Crippen molar-refractivity contribution in [2.75, 3.05) is 5.32 Å². The highest BCUT2D eigenvalue weighted by Gasteiger charge is 2.18. The first-order chi connectivity index (χ1) is 9.65. The van der Waals surface area contributed by atoms with E-state index in [0.29, 0.717) is 11.1 Å². The molecule has 0 radical (unpaired) electrons. The van der Waals surface area contributed by atoms with Crippen LogP contribution in [0.1, 0.15) is 20.9 Å². The number of carbonyl (C=O) groups is 2. The van der Waals surface area contributed by atoms with Crippen LogP contribution in [0.25, 0.3) is 11.1 Å². The van der Waals surface area contributed by atoms with Crippen molar-refractivity contribution < 1.29 is 19.1 Å². The van der Waals surface area contributed by atoms with Gasteiger partial charge in [0.05, 0.1) is 0 Å². The molecular formula is C13H9N3O4. The highest BCUT2D eigenvalue weighted by Crippen LogP contribution is 2.24. The van der Waals surface area contributed by atoms with Gasteiger partial charge in [0.2, 0.25) is 5.76 Å². The summed E-state index contributed by atoms with van der Waals surface area (Å²) in [6.07, 6.45) is 0. The van der Waals surface area contributed by atoms with Crippen LogP contribution in [0.15, 0.2) is 40.8 Å². The Morgan fingerprint density at radius 3 is 2.70 bits per heavy atom. The molecule has 2 heterocycles. The van der Waals surface area contributed by atoms with Crippen LogP contribution >= 0.6 is 0 Å².